The maximum absolute atomic E-state index is 12.4. The molecule has 0 saturated carbocycles. The molecule has 0 aromatic carbocycles. The quantitative estimate of drug-likeness (QED) is 0.802. The smallest absolute Gasteiger partial charge is 0.364 e. The summed E-state index contributed by atoms with van der Waals surface area (Å²) in [6.07, 6.45) is -8.06. The summed E-state index contributed by atoms with van der Waals surface area (Å²) in [5.74, 6) is -1.36. The van der Waals surface area contributed by atoms with Crippen molar-refractivity contribution in [3.05, 3.63) is 11.4 Å². The van der Waals surface area contributed by atoms with Crippen molar-refractivity contribution >= 4 is 5.91 Å². The molecule has 1 aromatic rings. The Bertz CT molecular complexity index is 398. The first-order valence-electron chi connectivity index (χ1n) is 3.80. The monoisotopic (exact) mass is 244 g/mol. The van der Waals surface area contributed by atoms with Crippen LogP contribution in [0.15, 0.2) is 0 Å². The molecule has 0 fully saturated rings. The second kappa shape index (κ2) is 4.02. The summed E-state index contributed by atoms with van der Waals surface area (Å²) >= 11 is 0. The summed E-state index contributed by atoms with van der Waals surface area (Å²) in [6.45, 7) is -1.76. The first kappa shape index (κ1) is 12.3. The standard InChI is InChI=1S/C6H5F5N4O/c7-4(8)3-2(5(12)16)13-14-15(3)1-6(9,10)11/h4H,1H2,(H2,12,16). The van der Waals surface area contributed by atoms with E-state index in [4.69, 9.17) is 0 Å². The first-order valence-corrected chi connectivity index (χ1v) is 3.80. The molecule has 1 rings (SSSR count). The van der Waals surface area contributed by atoms with Crippen LogP contribution in [0.4, 0.5) is 22.0 Å². The molecule has 1 amide bonds. The molecule has 0 aliphatic rings. The van der Waals surface area contributed by atoms with Crippen LogP contribution in [0.25, 0.3) is 0 Å². The molecule has 2 N–H and O–H groups in total. The molecular formula is C6H5F5N4O. The minimum atomic E-state index is -4.74. The zero-order valence-electron chi connectivity index (χ0n) is 7.50. The Kier molecular flexibility index (Phi) is 3.10. The molecule has 1 heterocycles. The zero-order chi connectivity index (χ0) is 12.5. The highest BCUT2D eigenvalue weighted by Crippen LogP contribution is 2.24. The third-order valence-corrected chi connectivity index (χ3v) is 1.54. The van der Waals surface area contributed by atoms with Gasteiger partial charge in [-0.1, -0.05) is 5.21 Å². The van der Waals surface area contributed by atoms with Crippen LogP contribution >= 0.6 is 0 Å². The van der Waals surface area contributed by atoms with Gasteiger partial charge in [0.05, 0.1) is 0 Å². The van der Waals surface area contributed by atoms with Crippen molar-refractivity contribution in [2.24, 2.45) is 5.73 Å². The lowest BCUT2D eigenvalue weighted by Gasteiger charge is -2.08. The number of halogens is 5. The summed E-state index contributed by atoms with van der Waals surface area (Å²) in [5, 5.41) is 5.69. The van der Waals surface area contributed by atoms with Gasteiger partial charge in [-0.25, -0.2) is 13.5 Å². The second-order valence-corrected chi connectivity index (χ2v) is 2.76. The highest BCUT2D eigenvalue weighted by molar-refractivity contribution is 5.91. The Labute approximate surface area is 85.0 Å². The average Bonchev–Trinajstić information content (AvgIpc) is 2.44. The molecule has 0 aliphatic carbocycles. The Morgan fingerprint density at radius 2 is 2.00 bits per heavy atom. The Morgan fingerprint density at radius 1 is 1.44 bits per heavy atom. The van der Waals surface area contributed by atoms with E-state index in [9.17, 15) is 26.7 Å². The van der Waals surface area contributed by atoms with Gasteiger partial charge in [0.1, 0.15) is 12.2 Å². The predicted molar refractivity (Wildman–Crippen MR) is 39.6 cm³/mol. The van der Waals surface area contributed by atoms with Crippen molar-refractivity contribution in [2.45, 2.75) is 19.1 Å². The van der Waals surface area contributed by atoms with E-state index in [-0.39, 0.29) is 4.68 Å². The van der Waals surface area contributed by atoms with E-state index in [1.807, 2.05) is 0 Å². The van der Waals surface area contributed by atoms with E-state index < -0.39 is 36.4 Å². The van der Waals surface area contributed by atoms with Gasteiger partial charge in [-0.2, -0.15) is 13.2 Å². The van der Waals surface area contributed by atoms with Crippen molar-refractivity contribution in [3.63, 3.8) is 0 Å². The molecule has 16 heavy (non-hydrogen) atoms. The number of aromatic nitrogens is 3. The van der Waals surface area contributed by atoms with Crippen LogP contribution in [0.3, 0.4) is 0 Å². The normalized spacial score (nSPS) is 12.1. The molecule has 0 radical (unpaired) electrons. The average molecular weight is 244 g/mol. The second-order valence-electron chi connectivity index (χ2n) is 2.76. The Balaban J connectivity index is 3.16. The summed E-state index contributed by atoms with van der Waals surface area (Å²) in [6, 6.07) is 0. The fraction of sp³-hybridized carbons (Fsp3) is 0.500. The largest absolute Gasteiger partial charge is 0.408 e. The van der Waals surface area contributed by atoms with E-state index in [0.717, 1.165) is 0 Å². The van der Waals surface area contributed by atoms with Crippen LogP contribution in [-0.4, -0.2) is 27.1 Å². The number of nitrogens with two attached hydrogens (primary N) is 1. The van der Waals surface area contributed by atoms with Crippen LogP contribution in [-0.2, 0) is 6.54 Å². The maximum Gasteiger partial charge on any atom is 0.408 e. The lowest BCUT2D eigenvalue weighted by molar-refractivity contribution is -0.144. The number of carbonyl (C=O) groups is 1. The molecular weight excluding hydrogens is 239 g/mol. The van der Waals surface area contributed by atoms with Gasteiger partial charge in [0.15, 0.2) is 5.69 Å². The van der Waals surface area contributed by atoms with Crippen molar-refractivity contribution in [2.75, 3.05) is 0 Å². The molecule has 0 unspecified atom stereocenters. The number of amides is 1. The number of primary amides is 1. The van der Waals surface area contributed by atoms with E-state index in [1.165, 1.54) is 0 Å². The minimum absolute atomic E-state index is 0.0925. The van der Waals surface area contributed by atoms with Crippen molar-refractivity contribution in [1.29, 1.82) is 0 Å². The molecule has 0 atom stereocenters. The van der Waals surface area contributed by atoms with Crippen LogP contribution in [0, 0.1) is 0 Å². The van der Waals surface area contributed by atoms with Gasteiger partial charge in [-0.05, 0) is 0 Å². The number of nitrogens with zero attached hydrogens (tertiary/aromatic N) is 3. The molecule has 10 heteroatoms. The van der Waals surface area contributed by atoms with E-state index in [2.05, 4.69) is 16.0 Å². The molecule has 0 bridgehead atoms. The third kappa shape index (κ3) is 2.64. The lowest BCUT2D eigenvalue weighted by atomic mass is 10.3. The van der Waals surface area contributed by atoms with Crippen LogP contribution < -0.4 is 5.73 Å². The van der Waals surface area contributed by atoms with Crippen molar-refractivity contribution in [3.8, 4) is 0 Å². The van der Waals surface area contributed by atoms with Gasteiger partial charge < -0.3 is 5.73 Å². The fourth-order valence-electron chi connectivity index (χ4n) is 0.998. The van der Waals surface area contributed by atoms with Crippen LogP contribution in [0.5, 0.6) is 0 Å². The SMILES string of the molecule is NC(=O)c1nnn(CC(F)(F)F)c1C(F)F. The van der Waals surface area contributed by atoms with E-state index >= 15 is 0 Å². The number of alkyl halides is 5. The van der Waals surface area contributed by atoms with Gasteiger partial charge in [-0.15, -0.1) is 5.10 Å². The van der Waals surface area contributed by atoms with Crippen molar-refractivity contribution < 1.29 is 26.7 Å². The number of rotatable bonds is 3. The summed E-state index contributed by atoms with van der Waals surface area (Å²) in [4.78, 5) is 10.6. The fourth-order valence-corrected chi connectivity index (χ4v) is 0.998. The van der Waals surface area contributed by atoms with Gasteiger partial charge in [-0.3, -0.25) is 4.79 Å². The van der Waals surface area contributed by atoms with Gasteiger partial charge in [0.2, 0.25) is 0 Å². The predicted octanol–water partition coefficient (Wildman–Crippen LogP) is 0.877. The van der Waals surface area contributed by atoms with Crippen molar-refractivity contribution in [1.82, 2.24) is 15.0 Å². The van der Waals surface area contributed by atoms with E-state index in [0.29, 0.717) is 0 Å². The molecule has 0 spiro atoms. The van der Waals surface area contributed by atoms with Crippen LogP contribution in [0.1, 0.15) is 22.6 Å². The highest BCUT2D eigenvalue weighted by Gasteiger charge is 2.33. The molecule has 1 aromatic heterocycles. The lowest BCUT2D eigenvalue weighted by Crippen LogP contribution is -2.22. The third-order valence-electron chi connectivity index (χ3n) is 1.54. The van der Waals surface area contributed by atoms with Crippen LogP contribution in [0.2, 0.25) is 0 Å². The first-order chi connectivity index (χ1) is 7.22. The molecule has 0 saturated heterocycles. The van der Waals surface area contributed by atoms with Gasteiger partial charge >= 0.3 is 6.18 Å². The van der Waals surface area contributed by atoms with E-state index in [1.54, 1.807) is 0 Å². The highest BCUT2D eigenvalue weighted by atomic mass is 19.4. The minimum Gasteiger partial charge on any atom is -0.364 e. The summed E-state index contributed by atoms with van der Waals surface area (Å²) in [7, 11) is 0. The Hall–Kier alpha value is -1.74. The summed E-state index contributed by atoms with van der Waals surface area (Å²) < 4.78 is 60.5. The van der Waals surface area contributed by atoms with Gasteiger partial charge in [0.25, 0.3) is 12.3 Å². The number of hydrogen-bond donors (Lipinski definition) is 1. The van der Waals surface area contributed by atoms with Gasteiger partial charge in [0, 0.05) is 0 Å². The molecule has 0 aliphatic heterocycles. The number of carbonyl (C=O) groups excluding carboxylic acids is 1. The zero-order valence-corrected chi connectivity index (χ0v) is 7.50. The molecule has 90 valence electrons. The topological polar surface area (TPSA) is 73.8 Å². The maximum atomic E-state index is 12.4. The summed E-state index contributed by atoms with van der Waals surface area (Å²) in [5.41, 5.74) is 2.47. The molecule has 5 nitrogen and oxygen atoms in total. The Morgan fingerprint density at radius 3 is 2.38 bits per heavy atom. The number of hydrogen-bond acceptors (Lipinski definition) is 3.